The molecule has 15 heavy (non-hydrogen) atoms. The second-order valence-corrected chi connectivity index (χ2v) is 4.55. The number of hydrogen-bond acceptors (Lipinski definition) is 2. The van der Waals surface area contributed by atoms with Crippen molar-refractivity contribution >= 4 is 5.78 Å². The van der Waals surface area contributed by atoms with Crippen LogP contribution in [-0.2, 0) is 6.42 Å². The van der Waals surface area contributed by atoms with Crippen molar-refractivity contribution in [3.63, 3.8) is 0 Å². The van der Waals surface area contributed by atoms with Crippen molar-refractivity contribution in [1.82, 2.24) is 10.2 Å². The molecule has 0 amide bonds. The zero-order chi connectivity index (χ0) is 11.4. The Bertz CT molecular complexity index is 328. The van der Waals surface area contributed by atoms with E-state index in [2.05, 4.69) is 24.0 Å². The van der Waals surface area contributed by atoms with E-state index < -0.39 is 0 Å². The lowest BCUT2D eigenvalue weighted by Gasteiger charge is -2.03. The number of Topliss-reactive ketones (excluding diaryl/α,β-unsaturated/α-hetero) is 1. The van der Waals surface area contributed by atoms with Crippen LogP contribution in [0.1, 0.15) is 50.3 Å². The molecule has 1 atom stereocenters. The zero-order valence-electron chi connectivity index (χ0n) is 10.0. The van der Waals surface area contributed by atoms with Gasteiger partial charge in [-0.1, -0.05) is 27.7 Å². The highest BCUT2D eigenvalue weighted by molar-refractivity contribution is 5.95. The summed E-state index contributed by atoms with van der Waals surface area (Å²) in [6, 6.07) is 1.88. The Balaban J connectivity index is 2.71. The summed E-state index contributed by atoms with van der Waals surface area (Å²) in [5.74, 6) is 0.793. The standard InChI is InChI=1S/C12H20N2O/c1-5-9(4)12(15)11-7-10(13-14-11)6-8(2)3/h7-9H,5-6H2,1-4H3,(H,13,14). The van der Waals surface area contributed by atoms with E-state index in [0.29, 0.717) is 11.6 Å². The lowest BCUT2D eigenvalue weighted by Crippen LogP contribution is -2.10. The maximum Gasteiger partial charge on any atom is 0.185 e. The number of H-pyrrole nitrogens is 1. The van der Waals surface area contributed by atoms with Crippen LogP contribution in [0.25, 0.3) is 0 Å². The second kappa shape index (κ2) is 5.10. The molecule has 3 heteroatoms. The molecule has 1 heterocycles. The van der Waals surface area contributed by atoms with Crippen molar-refractivity contribution in [2.75, 3.05) is 0 Å². The highest BCUT2D eigenvalue weighted by Gasteiger charge is 2.16. The summed E-state index contributed by atoms with van der Waals surface area (Å²) >= 11 is 0. The van der Waals surface area contributed by atoms with Crippen LogP contribution in [0.2, 0.25) is 0 Å². The lowest BCUT2D eigenvalue weighted by atomic mass is 10.0. The zero-order valence-corrected chi connectivity index (χ0v) is 10.0. The molecule has 0 spiro atoms. The monoisotopic (exact) mass is 208 g/mol. The Morgan fingerprint density at radius 1 is 1.47 bits per heavy atom. The van der Waals surface area contributed by atoms with E-state index in [0.717, 1.165) is 18.5 Å². The van der Waals surface area contributed by atoms with Gasteiger partial charge in [-0.05, 0) is 24.8 Å². The highest BCUT2D eigenvalue weighted by Crippen LogP contribution is 2.12. The van der Waals surface area contributed by atoms with Crippen LogP contribution in [0.5, 0.6) is 0 Å². The molecule has 0 aliphatic rings. The molecule has 1 unspecified atom stereocenters. The summed E-state index contributed by atoms with van der Waals surface area (Å²) < 4.78 is 0. The molecule has 0 saturated carbocycles. The molecule has 0 radical (unpaired) electrons. The second-order valence-electron chi connectivity index (χ2n) is 4.55. The molecule has 0 bridgehead atoms. The minimum atomic E-state index is 0.0696. The number of nitrogens with zero attached hydrogens (tertiary/aromatic N) is 1. The first-order valence-electron chi connectivity index (χ1n) is 5.63. The number of rotatable bonds is 5. The van der Waals surface area contributed by atoms with Gasteiger partial charge in [-0.2, -0.15) is 5.10 Å². The smallest absolute Gasteiger partial charge is 0.185 e. The number of carbonyl (C=O) groups excluding carboxylic acids is 1. The third-order valence-corrected chi connectivity index (χ3v) is 2.57. The van der Waals surface area contributed by atoms with Gasteiger partial charge in [-0.3, -0.25) is 9.89 Å². The largest absolute Gasteiger partial charge is 0.292 e. The van der Waals surface area contributed by atoms with Gasteiger partial charge < -0.3 is 0 Å². The van der Waals surface area contributed by atoms with E-state index in [1.165, 1.54) is 0 Å². The Kier molecular flexibility index (Phi) is 4.06. The Labute approximate surface area is 91.3 Å². The van der Waals surface area contributed by atoms with Crippen LogP contribution >= 0.6 is 0 Å². The number of carbonyl (C=O) groups is 1. The SMILES string of the molecule is CCC(C)C(=O)c1cc(CC(C)C)[nH]n1. The minimum Gasteiger partial charge on any atom is -0.292 e. The van der Waals surface area contributed by atoms with Crippen molar-refractivity contribution in [3.8, 4) is 0 Å². The summed E-state index contributed by atoms with van der Waals surface area (Å²) in [6.45, 7) is 8.26. The molecule has 3 nitrogen and oxygen atoms in total. The van der Waals surface area contributed by atoms with E-state index in [1.54, 1.807) is 0 Å². The number of aromatic nitrogens is 2. The molecule has 0 fully saturated rings. The third-order valence-electron chi connectivity index (χ3n) is 2.57. The fourth-order valence-electron chi connectivity index (χ4n) is 1.47. The Hall–Kier alpha value is -1.12. The Morgan fingerprint density at radius 3 is 2.67 bits per heavy atom. The van der Waals surface area contributed by atoms with Gasteiger partial charge in [0.2, 0.25) is 0 Å². The molecule has 0 aromatic carbocycles. The minimum absolute atomic E-state index is 0.0696. The van der Waals surface area contributed by atoms with Gasteiger partial charge in [0.05, 0.1) is 0 Å². The highest BCUT2D eigenvalue weighted by atomic mass is 16.1. The van der Waals surface area contributed by atoms with Gasteiger partial charge in [0, 0.05) is 11.6 Å². The fourth-order valence-corrected chi connectivity index (χ4v) is 1.47. The summed E-state index contributed by atoms with van der Waals surface area (Å²) in [4.78, 5) is 11.8. The van der Waals surface area contributed by atoms with Crippen molar-refractivity contribution in [2.24, 2.45) is 11.8 Å². The van der Waals surface area contributed by atoms with Crippen molar-refractivity contribution in [1.29, 1.82) is 0 Å². The van der Waals surface area contributed by atoms with Crippen LogP contribution in [0.4, 0.5) is 0 Å². The molecule has 0 saturated heterocycles. The van der Waals surface area contributed by atoms with Gasteiger partial charge in [-0.15, -0.1) is 0 Å². The van der Waals surface area contributed by atoms with Crippen LogP contribution in [0, 0.1) is 11.8 Å². The van der Waals surface area contributed by atoms with Crippen molar-refractivity contribution in [2.45, 2.75) is 40.5 Å². The Morgan fingerprint density at radius 2 is 2.13 bits per heavy atom. The van der Waals surface area contributed by atoms with E-state index >= 15 is 0 Å². The number of ketones is 1. The van der Waals surface area contributed by atoms with E-state index in [9.17, 15) is 4.79 Å². The molecular formula is C12H20N2O. The van der Waals surface area contributed by atoms with Crippen molar-refractivity contribution in [3.05, 3.63) is 17.5 Å². The van der Waals surface area contributed by atoms with Crippen molar-refractivity contribution < 1.29 is 4.79 Å². The molecule has 0 aliphatic carbocycles. The average Bonchev–Trinajstić information content (AvgIpc) is 2.63. The normalized spacial score (nSPS) is 13.1. The van der Waals surface area contributed by atoms with Gasteiger partial charge in [0.15, 0.2) is 5.78 Å². The maximum absolute atomic E-state index is 11.8. The maximum atomic E-state index is 11.8. The van der Waals surface area contributed by atoms with Gasteiger partial charge in [-0.25, -0.2) is 0 Å². The summed E-state index contributed by atoms with van der Waals surface area (Å²) in [7, 11) is 0. The first-order chi connectivity index (χ1) is 7.04. The fraction of sp³-hybridized carbons (Fsp3) is 0.667. The van der Waals surface area contributed by atoms with E-state index in [1.807, 2.05) is 19.9 Å². The number of hydrogen-bond donors (Lipinski definition) is 1. The quantitative estimate of drug-likeness (QED) is 0.756. The molecule has 1 aromatic heterocycles. The first kappa shape index (κ1) is 12.0. The summed E-state index contributed by atoms with van der Waals surface area (Å²) in [6.07, 6.45) is 1.81. The molecular weight excluding hydrogens is 188 g/mol. The van der Waals surface area contributed by atoms with Gasteiger partial charge >= 0.3 is 0 Å². The topological polar surface area (TPSA) is 45.8 Å². The summed E-state index contributed by atoms with van der Waals surface area (Å²) in [5.41, 5.74) is 1.64. The number of aromatic amines is 1. The van der Waals surface area contributed by atoms with Crippen LogP contribution < -0.4 is 0 Å². The molecule has 1 rings (SSSR count). The average molecular weight is 208 g/mol. The van der Waals surface area contributed by atoms with Gasteiger partial charge in [0.1, 0.15) is 5.69 Å². The molecule has 0 aliphatic heterocycles. The lowest BCUT2D eigenvalue weighted by molar-refractivity contribution is 0.0922. The molecule has 84 valence electrons. The van der Waals surface area contributed by atoms with E-state index in [-0.39, 0.29) is 11.7 Å². The van der Waals surface area contributed by atoms with Crippen LogP contribution in [0.3, 0.4) is 0 Å². The third kappa shape index (κ3) is 3.18. The predicted molar refractivity (Wildman–Crippen MR) is 60.9 cm³/mol. The van der Waals surface area contributed by atoms with Gasteiger partial charge in [0.25, 0.3) is 0 Å². The van der Waals surface area contributed by atoms with Crippen LogP contribution in [-0.4, -0.2) is 16.0 Å². The molecule has 1 aromatic rings. The predicted octanol–water partition coefficient (Wildman–Crippen LogP) is 2.84. The molecule has 1 N–H and O–H groups in total. The van der Waals surface area contributed by atoms with E-state index in [4.69, 9.17) is 0 Å². The first-order valence-corrected chi connectivity index (χ1v) is 5.63. The van der Waals surface area contributed by atoms with Crippen LogP contribution in [0.15, 0.2) is 6.07 Å². The number of nitrogens with one attached hydrogen (secondary N) is 1. The summed E-state index contributed by atoms with van der Waals surface area (Å²) in [5, 5.41) is 6.99.